The number of nitrogens with one attached hydrogen (secondary N) is 1. The normalized spacial score (nSPS) is 21.8. The van der Waals surface area contributed by atoms with Crippen LogP contribution in [0.2, 0.25) is 0 Å². The molecule has 1 N–H and O–H groups in total. The minimum Gasteiger partial charge on any atom is -0.370 e. The Kier molecular flexibility index (Phi) is 3.54. The maximum atomic E-state index is 14.4. The highest BCUT2D eigenvalue weighted by Crippen LogP contribution is 2.51. The van der Waals surface area contributed by atoms with E-state index in [0.29, 0.717) is 10.8 Å². The molecule has 0 aliphatic carbocycles. The van der Waals surface area contributed by atoms with Gasteiger partial charge in [0, 0.05) is 5.56 Å². The Morgan fingerprint density at radius 3 is 2.23 bits per heavy atom. The van der Waals surface area contributed by atoms with Crippen molar-refractivity contribution < 1.29 is 25.8 Å². The molecule has 0 radical (unpaired) electrons. The second kappa shape index (κ2) is 5.46. The van der Waals surface area contributed by atoms with Gasteiger partial charge in [-0.05, 0) is 22.4 Å². The van der Waals surface area contributed by atoms with E-state index in [1.807, 2.05) is 0 Å². The third kappa shape index (κ3) is 2.37. The van der Waals surface area contributed by atoms with Crippen molar-refractivity contribution in [2.45, 2.75) is 11.7 Å². The van der Waals surface area contributed by atoms with Crippen LogP contribution in [-0.4, -0.2) is 14.6 Å². The van der Waals surface area contributed by atoms with Gasteiger partial charge in [-0.3, -0.25) is 0 Å². The molecule has 134 valence electrons. The largest absolute Gasteiger partial charge is 0.416 e. The van der Waals surface area contributed by atoms with Gasteiger partial charge in [0.2, 0.25) is 0 Å². The van der Waals surface area contributed by atoms with Gasteiger partial charge in [0.15, 0.2) is 5.54 Å². The zero-order valence-electron chi connectivity index (χ0n) is 13.1. The molecule has 3 aromatic rings. The molecular formula is C18H12F3NO3S. The van der Waals surface area contributed by atoms with Crippen LogP contribution in [0.25, 0.3) is 10.8 Å². The third-order valence-corrected chi connectivity index (χ3v) is 5.34. The summed E-state index contributed by atoms with van der Waals surface area (Å²) in [5.74, 6) is -0.350. The van der Waals surface area contributed by atoms with Gasteiger partial charge in [0.25, 0.3) is 0 Å². The quantitative estimate of drug-likeness (QED) is 0.698. The maximum Gasteiger partial charge on any atom is 0.416 e. The predicted molar refractivity (Wildman–Crippen MR) is 89.9 cm³/mol. The van der Waals surface area contributed by atoms with E-state index in [2.05, 4.69) is 0 Å². The van der Waals surface area contributed by atoms with Crippen molar-refractivity contribution in [2.24, 2.45) is 0 Å². The summed E-state index contributed by atoms with van der Waals surface area (Å²) in [5, 5.41) is 0.864. The van der Waals surface area contributed by atoms with Crippen molar-refractivity contribution in [2.75, 3.05) is 0 Å². The highest BCUT2D eigenvalue weighted by molar-refractivity contribution is 7.85. The molecule has 1 heterocycles. The number of benzene rings is 3. The van der Waals surface area contributed by atoms with Crippen molar-refractivity contribution in [1.29, 1.82) is 0 Å². The number of alkyl halides is 3. The molecule has 0 spiro atoms. The van der Waals surface area contributed by atoms with Gasteiger partial charge >= 0.3 is 16.5 Å². The SMILES string of the molecule is O=S1(=O)N[C@@](c2cccc3ccccc23)(C(F)(F)F)c2ccccc2O1. The highest BCUT2D eigenvalue weighted by atomic mass is 32.2. The molecule has 4 nitrogen and oxygen atoms in total. The Morgan fingerprint density at radius 1 is 0.846 bits per heavy atom. The van der Waals surface area contributed by atoms with E-state index in [1.54, 1.807) is 29.0 Å². The summed E-state index contributed by atoms with van der Waals surface area (Å²) >= 11 is 0. The van der Waals surface area contributed by atoms with Crippen molar-refractivity contribution >= 4 is 21.1 Å². The summed E-state index contributed by atoms with van der Waals surface area (Å²) in [6, 6.07) is 16.2. The van der Waals surface area contributed by atoms with Gasteiger partial charge in [0.1, 0.15) is 5.75 Å². The fourth-order valence-electron chi connectivity index (χ4n) is 3.35. The van der Waals surface area contributed by atoms with Crippen LogP contribution in [-0.2, 0) is 15.8 Å². The number of hydrogen-bond acceptors (Lipinski definition) is 3. The van der Waals surface area contributed by atoms with E-state index >= 15 is 0 Å². The fraction of sp³-hybridized carbons (Fsp3) is 0.111. The average molecular weight is 379 g/mol. The van der Waals surface area contributed by atoms with E-state index in [4.69, 9.17) is 4.18 Å². The summed E-state index contributed by atoms with van der Waals surface area (Å²) in [7, 11) is -4.67. The Bertz CT molecular complexity index is 1110. The molecule has 0 unspecified atom stereocenters. The molecule has 1 aliphatic rings. The van der Waals surface area contributed by atoms with Gasteiger partial charge in [-0.2, -0.15) is 26.3 Å². The van der Waals surface area contributed by atoms with Gasteiger partial charge in [0.05, 0.1) is 0 Å². The molecule has 0 fully saturated rings. The van der Waals surface area contributed by atoms with Gasteiger partial charge in [-0.15, -0.1) is 0 Å². The lowest BCUT2D eigenvalue weighted by Crippen LogP contribution is -2.60. The van der Waals surface area contributed by atoms with E-state index < -0.39 is 22.0 Å². The highest BCUT2D eigenvalue weighted by Gasteiger charge is 2.63. The van der Waals surface area contributed by atoms with E-state index in [-0.39, 0.29) is 16.9 Å². The first-order valence-corrected chi connectivity index (χ1v) is 9.03. The molecule has 1 aliphatic heterocycles. The Morgan fingerprint density at radius 2 is 1.46 bits per heavy atom. The number of hydrogen-bond donors (Lipinski definition) is 1. The van der Waals surface area contributed by atoms with Gasteiger partial charge in [-0.25, -0.2) is 0 Å². The molecular weight excluding hydrogens is 367 g/mol. The van der Waals surface area contributed by atoms with Crippen LogP contribution in [0, 0.1) is 0 Å². The molecule has 0 bridgehead atoms. The second-order valence-corrected chi connectivity index (χ2v) is 7.19. The average Bonchev–Trinajstić information content (AvgIpc) is 2.58. The standard InChI is InChI=1S/C18H12F3NO3S/c19-18(20,21)17(14-10-5-7-12-6-1-2-8-13(12)14)15-9-3-4-11-16(15)25-26(23,24)22-17/h1-11,22H/t17-/m1/s1. The predicted octanol–water partition coefficient (Wildman–Crippen LogP) is 3.87. The van der Waals surface area contributed by atoms with E-state index in [9.17, 15) is 21.6 Å². The fourth-order valence-corrected chi connectivity index (χ4v) is 4.48. The van der Waals surface area contributed by atoms with Crippen molar-refractivity contribution in [3.63, 3.8) is 0 Å². The topological polar surface area (TPSA) is 55.4 Å². The molecule has 0 saturated carbocycles. The Balaban J connectivity index is 2.18. The van der Waals surface area contributed by atoms with Crippen molar-refractivity contribution in [1.82, 2.24) is 4.72 Å². The second-order valence-electron chi connectivity index (χ2n) is 5.91. The number of halogens is 3. The zero-order chi connectivity index (χ0) is 18.6. The summed E-state index contributed by atoms with van der Waals surface area (Å²) in [6.07, 6.45) is -4.95. The van der Waals surface area contributed by atoms with Crippen LogP contribution < -0.4 is 8.91 Å². The smallest absolute Gasteiger partial charge is 0.370 e. The molecule has 1 atom stereocenters. The Labute approximate surface area is 147 Å². The first-order chi connectivity index (χ1) is 12.2. The van der Waals surface area contributed by atoms with E-state index in [0.717, 1.165) is 0 Å². The Hall–Kier alpha value is -2.58. The van der Waals surface area contributed by atoms with Crippen LogP contribution in [0.1, 0.15) is 11.1 Å². The summed E-state index contributed by atoms with van der Waals surface area (Å²) < 4.78 is 74.2. The van der Waals surface area contributed by atoms with Crippen LogP contribution in [0.5, 0.6) is 5.75 Å². The van der Waals surface area contributed by atoms with Gasteiger partial charge < -0.3 is 4.18 Å². The van der Waals surface area contributed by atoms with Crippen LogP contribution >= 0.6 is 0 Å². The maximum absolute atomic E-state index is 14.4. The third-order valence-electron chi connectivity index (χ3n) is 4.39. The summed E-state index contributed by atoms with van der Waals surface area (Å²) in [6.45, 7) is 0. The van der Waals surface area contributed by atoms with E-state index in [1.165, 1.54) is 42.5 Å². The number of fused-ring (bicyclic) bond motifs is 2. The minimum absolute atomic E-state index is 0.206. The molecule has 0 aromatic heterocycles. The molecule has 0 amide bonds. The minimum atomic E-state index is -4.95. The molecule has 0 saturated heterocycles. The molecule has 26 heavy (non-hydrogen) atoms. The number of rotatable bonds is 1. The van der Waals surface area contributed by atoms with Gasteiger partial charge in [-0.1, -0.05) is 60.7 Å². The summed E-state index contributed by atoms with van der Waals surface area (Å²) in [5.41, 5.74) is -3.47. The molecule has 8 heteroatoms. The first kappa shape index (κ1) is 16.9. The molecule has 3 aromatic carbocycles. The first-order valence-electron chi connectivity index (χ1n) is 7.62. The van der Waals surface area contributed by atoms with Crippen molar-refractivity contribution in [3.8, 4) is 5.75 Å². The van der Waals surface area contributed by atoms with Crippen LogP contribution in [0.15, 0.2) is 66.7 Å². The zero-order valence-corrected chi connectivity index (χ0v) is 13.9. The molecule has 4 rings (SSSR count). The number of para-hydroxylation sites is 1. The lowest BCUT2D eigenvalue weighted by Gasteiger charge is -2.40. The summed E-state index contributed by atoms with van der Waals surface area (Å²) in [4.78, 5) is 0. The lowest BCUT2D eigenvalue weighted by atomic mass is 9.80. The van der Waals surface area contributed by atoms with Crippen LogP contribution in [0.4, 0.5) is 13.2 Å². The van der Waals surface area contributed by atoms with Crippen LogP contribution in [0.3, 0.4) is 0 Å². The lowest BCUT2D eigenvalue weighted by molar-refractivity contribution is -0.183. The van der Waals surface area contributed by atoms with Crippen molar-refractivity contribution in [3.05, 3.63) is 77.9 Å². The monoisotopic (exact) mass is 379 g/mol.